The van der Waals surface area contributed by atoms with Crippen molar-refractivity contribution in [3.8, 4) is 0 Å². The van der Waals surface area contributed by atoms with E-state index in [1.165, 1.54) is 24.0 Å². The van der Waals surface area contributed by atoms with E-state index in [1.807, 2.05) is 7.05 Å². The molecule has 0 saturated carbocycles. The molecule has 0 radical (unpaired) electrons. The van der Waals surface area contributed by atoms with Gasteiger partial charge in [-0.15, -0.1) is 0 Å². The first kappa shape index (κ1) is 11.1. The lowest BCUT2D eigenvalue weighted by atomic mass is 9.76. The van der Waals surface area contributed by atoms with Crippen molar-refractivity contribution in [3.63, 3.8) is 0 Å². The molecule has 0 saturated heterocycles. The zero-order valence-corrected chi connectivity index (χ0v) is 9.78. The fraction of sp³-hybridized carbons (Fsp3) is 0.538. The normalized spacial score (nSPS) is 17.1. The summed E-state index contributed by atoms with van der Waals surface area (Å²) < 4.78 is 0. The average molecular weight is 191 g/mol. The van der Waals surface area contributed by atoms with E-state index >= 15 is 0 Å². The number of nitrogens with one attached hydrogen (secondary N) is 1. The molecule has 0 fully saturated rings. The Labute approximate surface area is 87.6 Å². The van der Waals surface area contributed by atoms with Crippen LogP contribution >= 0.6 is 0 Å². The van der Waals surface area contributed by atoms with Crippen LogP contribution in [0.2, 0.25) is 0 Å². The minimum Gasteiger partial charge on any atom is -0.391 e. The molecule has 0 aromatic heterocycles. The van der Waals surface area contributed by atoms with Crippen LogP contribution in [-0.2, 0) is 0 Å². The van der Waals surface area contributed by atoms with Gasteiger partial charge in [-0.3, -0.25) is 0 Å². The maximum Gasteiger partial charge on any atom is 0.0287 e. The second-order valence-corrected chi connectivity index (χ2v) is 4.49. The molecule has 0 atom stereocenters. The molecule has 0 aromatic carbocycles. The molecule has 1 rings (SSSR count). The van der Waals surface area contributed by atoms with E-state index in [0.29, 0.717) is 0 Å². The quantitative estimate of drug-likeness (QED) is 0.721. The highest BCUT2D eigenvalue weighted by atomic mass is 14.8. The number of allylic oxidation sites excluding steroid dienone is 4. The van der Waals surface area contributed by atoms with Crippen LogP contribution < -0.4 is 5.32 Å². The molecule has 1 nitrogen and oxygen atoms in total. The Morgan fingerprint density at radius 3 is 2.64 bits per heavy atom. The molecule has 0 bridgehead atoms. The molecule has 0 aliphatic heterocycles. The highest BCUT2D eigenvalue weighted by Gasteiger charge is 2.26. The zero-order chi connectivity index (χ0) is 10.8. The van der Waals surface area contributed by atoms with Gasteiger partial charge in [-0.25, -0.2) is 0 Å². The standard InChI is InChI=1S/C13H21N/c1-10-8-6-7-9-12(10)13(3,4)11(2)14-5/h7,9,14H,2,6,8H2,1,3-5H3. The molecule has 78 valence electrons. The van der Waals surface area contributed by atoms with Crippen LogP contribution in [0, 0.1) is 5.41 Å². The molecule has 0 unspecified atom stereocenters. The fourth-order valence-electron chi connectivity index (χ4n) is 1.99. The smallest absolute Gasteiger partial charge is 0.0287 e. The van der Waals surface area contributed by atoms with Gasteiger partial charge in [0, 0.05) is 18.2 Å². The molecule has 1 N–H and O–H groups in total. The third kappa shape index (κ3) is 1.92. The highest BCUT2D eigenvalue weighted by Crippen LogP contribution is 2.37. The van der Waals surface area contributed by atoms with Crippen LogP contribution in [0.4, 0.5) is 0 Å². The Morgan fingerprint density at radius 1 is 1.50 bits per heavy atom. The van der Waals surface area contributed by atoms with Crippen molar-refractivity contribution in [2.24, 2.45) is 5.41 Å². The van der Waals surface area contributed by atoms with Gasteiger partial charge in [-0.2, -0.15) is 0 Å². The summed E-state index contributed by atoms with van der Waals surface area (Å²) in [5.41, 5.74) is 4.03. The number of rotatable bonds is 3. The maximum atomic E-state index is 4.08. The zero-order valence-electron chi connectivity index (χ0n) is 9.78. The molecular weight excluding hydrogens is 170 g/mol. The lowest BCUT2D eigenvalue weighted by Crippen LogP contribution is -2.26. The molecule has 0 aromatic rings. The minimum atomic E-state index is 0.0375. The van der Waals surface area contributed by atoms with Gasteiger partial charge in [0.15, 0.2) is 0 Å². The van der Waals surface area contributed by atoms with E-state index in [4.69, 9.17) is 0 Å². The molecule has 1 heteroatoms. The molecule has 1 aliphatic rings. The summed E-state index contributed by atoms with van der Waals surface area (Å²) >= 11 is 0. The predicted octanol–water partition coefficient (Wildman–Crippen LogP) is 3.41. The lowest BCUT2D eigenvalue weighted by Gasteiger charge is -2.32. The summed E-state index contributed by atoms with van der Waals surface area (Å²) in [4.78, 5) is 0. The summed E-state index contributed by atoms with van der Waals surface area (Å²) in [5.74, 6) is 0. The van der Waals surface area contributed by atoms with Crippen molar-refractivity contribution in [2.45, 2.75) is 33.6 Å². The SMILES string of the molecule is C=C(NC)C(C)(C)C1=C(C)CCC=C1. The molecular formula is C13H21N. The number of hydrogen-bond acceptors (Lipinski definition) is 1. The Hall–Kier alpha value is -0.980. The number of hydrogen-bond donors (Lipinski definition) is 1. The minimum absolute atomic E-state index is 0.0375. The first-order chi connectivity index (χ1) is 6.50. The van der Waals surface area contributed by atoms with Crippen molar-refractivity contribution in [1.29, 1.82) is 0 Å². The summed E-state index contributed by atoms with van der Waals surface area (Å²) in [7, 11) is 1.94. The highest BCUT2D eigenvalue weighted by molar-refractivity contribution is 5.38. The molecule has 0 amide bonds. The molecule has 0 heterocycles. The van der Waals surface area contributed by atoms with Crippen LogP contribution in [-0.4, -0.2) is 7.05 Å². The lowest BCUT2D eigenvalue weighted by molar-refractivity contribution is 0.509. The van der Waals surface area contributed by atoms with Crippen LogP contribution in [0.3, 0.4) is 0 Å². The van der Waals surface area contributed by atoms with E-state index in [-0.39, 0.29) is 5.41 Å². The molecule has 14 heavy (non-hydrogen) atoms. The van der Waals surface area contributed by atoms with Crippen LogP contribution in [0.25, 0.3) is 0 Å². The second kappa shape index (κ2) is 4.04. The summed E-state index contributed by atoms with van der Waals surface area (Å²) in [6, 6.07) is 0. The first-order valence-corrected chi connectivity index (χ1v) is 5.24. The topological polar surface area (TPSA) is 12.0 Å². The van der Waals surface area contributed by atoms with Gasteiger partial charge in [0.05, 0.1) is 0 Å². The van der Waals surface area contributed by atoms with Crippen molar-refractivity contribution in [3.05, 3.63) is 35.6 Å². The summed E-state index contributed by atoms with van der Waals surface area (Å²) in [5, 5.41) is 3.16. The molecule has 0 spiro atoms. The molecule has 1 aliphatic carbocycles. The monoisotopic (exact) mass is 191 g/mol. The average Bonchev–Trinajstić information content (AvgIpc) is 2.17. The van der Waals surface area contributed by atoms with Gasteiger partial charge in [0.1, 0.15) is 0 Å². The van der Waals surface area contributed by atoms with Gasteiger partial charge in [-0.05, 0) is 25.3 Å². The van der Waals surface area contributed by atoms with E-state index in [9.17, 15) is 0 Å². The second-order valence-electron chi connectivity index (χ2n) is 4.49. The van der Waals surface area contributed by atoms with Crippen molar-refractivity contribution in [2.75, 3.05) is 7.05 Å². The van der Waals surface area contributed by atoms with Crippen molar-refractivity contribution in [1.82, 2.24) is 5.32 Å². The Morgan fingerprint density at radius 2 is 2.14 bits per heavy atom. The van der Waals surface area contributed by atoms with Gasteiger partial charge in [0.2, 0.25) is 0 Å². The maximum absolute atomic E-state index is 4.08. The Bertz CT molecular complexity index is 292. The van der Waals surface area contributed by atoms with Crippen LogP contribution in [0.15, 0.2) is 35.6 Å². The third-order valence-corrected chi connectivity index (χ3v) is 3.16. The Kier molecular flexibility index (Phi) is 3.20. The third-order valence-electron chi connectivity index (χ3n) is 3.16. The van der Waals surface area contributed by atoms with E-state index in [2.05, 4.69) is 44.8 Å². The summed E-state index contributed by atoms with van der Waals surface area (Å²) in [6.07, 6.45) is 6.87. The van der Waals surface area contributed by atoms with Gasteiger partial charge < -0.3 is 5.32 Å². The van der Waals surface area contributed by atoms with E-state index in [0.717, 1.165) is 5.70 Å². The van der Waals surface area contributed by atoms with Gasteiger partial charge in [0.25, 0.3) is 0 Å². The largest absolute Gasteiger partial charge is 0.391 e. The van der Waals surface area contributed by atoms with Crippen LogP contribution in [0.1, 0.15) is 33.6 Å². The first-order valence-electron chi connectivity index (χ1n) is 5.24. The fourth-order valence-corrected chi connectivity index (χ4v) is 1.99. The van der Waals surface area contributed by atoms with Crippen molar-refractivity contribution >= 4 is 0 Å². The van der Waals surface area contributed by atoms with E-state index in [1.54, 1.807) is 0 Å². The predicted molar refractivity (Wildman–Crippen MR) is 63.1 cm³/mol. The van der Waals surface area contributed by atoms with Gasteiger partial charge in [-0.1, -0.05) is 38.2 Å². The van der Waals surface area contributed by atoms with Gasteiger partial charge >= 0.3 is 0 Å². The Balaban J connectivity index is 3.02. The van der Waals surface area contributed by atoms with E-state index < -0.39 is 0 Å². The van der Waals surface area contributed by atoms with Crippen LogP contribution in [0.5, 0.6) is 0 Å². The summed E-state index contributed by atoms with van der Waals surface area (Å²) in [6.45, 7) is 10.7. The van der Waals surface area contributed by atoms with Crippen molar-refractivity contribution < 1.29 is 0 Å².